The van der Waals surface area contributed by atoms with E-state index in [-0.39, 0.29) is 25.8 Å². The molecular formula is C24H26Hf-2. The average molecular weight is 493 g/mol. The fourth-order valence-electron chi connectivity index (χ4n) is 3.63. The number of rotatable bonds is 0. The van der Waals surface area contributed by atoms with E-state index in [0.29, 0.717) is 0 Å². The van der Waals surface area contributed by atoms with E-state index in [1.165, 1.54) is 55.3 Å². The molecule has 0 aromatic heterocycles. The molecule has 0 aliphatic heterocycles. The van der Waals surface area contributed by atoms with E-state index in [1.54, 1.807) is 0 Å². The van der Waals surface area contributed by atoms with Crippen molar-refractivity contribution in [1.29, 1.82) is 0 Å². The maximum absolute atomic E-state index is 3.39. The quantitative estimate of drug-likeness (QED) is 0.247. The van der Waals surface area contributed by atoms with Gasteiger partial charge in [0.1, 0.15) is 0 Å². The zero-order valence-corrected chi connectivity index (χ0v) is 19.8. The van der Waals surface area contributed by atoms with Crippen LogP contribution in [0.2, 0.25) is 0 Å². The molecule has 1 heteroatoms. The molecule has 0 bridgehead atoms. The van der Waals surface area contributed by atoms with Crippen LogP contribution in [-0.2, 0) is 32.3 Å². The summed E-state index contributed by atoms with van der Waals surface area (Å²) in [4.78, 5) is 0. The fourth-order valence-corrected chi connectivity index (χ4v) is 3.63. The zero-order chi connectivity index (χ0) is 17.4. The van der Waals surface area contributed by atoms with Gasteiger partial charge in [-0.15, -0.1) is 12.0 Å². The van der Waals surface area contributed by atoms with Crippen molar-refractivity contribution >= 4 is 16.3 Å². The standard InChI is InChI=1S/C14H11.C10H15.Hf/c1-10-6-7-12-9-8-11-4-2-3-5-13(11)14(10)12;1-6-7(2)9(4)10(5)8(6)3;/h2-5,8-9H,7H2,1H3;1-5H3;/q2*-1;. The SMILES string of the molecule is CC1=[C-]Cc2ccc3ccccc3c21.Cc1c(C)c(C)[c-](C)c1C.[Hf]. The van der Waals surface area contributed by atoms with Crippen molar-refractivity contribution in [2.24, 2.45) is 0 Å². The van der Waals surface area contributed by atoms with Gasteiger partial charge in [0.05, 0.1) is 0 Å². The second-order valence-electron chi connectivity index (χ2n) is 6.92. The molecule has 0 N–H and O–H groups in total. The predicted octanol–water partition coefficient (Wildman–Crippen LogP) is 6.55. The van der Waals surface area contributed by atoms with Gasteiger partial charge in [-0.2, -0.15) is 33.4 Å². The molecule has 0 saturated carbocycles. The molecule has 1 aliphatic carbocycles. The molecule has 3 aromatic carbocycles. The van der Waals surface area contributed by atoms with E-state index in [9.17, 15) is 0 Å². The van der Waals surface area contributed by atoms with Gasteiger partial charge in [0, 0.05) is 25.8 Å². The van der Waals surface area contributed by atoms with Crippen molar-refractivity contribution in [2.75, 3.05) is 0 Å². The molecule has 0 atom stereocenters. The Labute approximate surface area is 171 Å². The Bertz CT molecular complexity index is 858. The van der Waals surface area contributed by atoms with Crippen LogP contribution in [0.25, 0.3) is 16.3 Å². The Morgan fingerprint density at radius 1 is 0.840 bits per heavy atom. The molecular weight excluding hydrogens is 467 g/mol. The third-order valence-electron chi connectivity index (χ3n) is 5.75. The molecule has 4 rings (SSSR count). The van der Waals surface area contributed by atoms with E-state index in [2.05, 4.69) is 84.0 Å². The Kier molecular flexibility index (Phi) is 6.32. The Morgan fingerprint density at radius 2 is 1.44 bits per heavy atom. The predicted molar refractivity (Wildman–Crippen MR) is 106 cm³/mol. The first-order chi connectivity index (χ1) is 11.4. The molecule has 0 radical (unpaired) electrons. The second-order valence-corrected chi connectivity index (χ2v) is 6.92. The number of allylic oxidation sites excluding steroid dienone is 2. The van der Waals surface area contributed by atoms with Gasteiger partial charge < -0.3 is 0 Å². The van der Waals surface area contributed by atoms with Crippen molar-refractivity contribution in [3.8, 4) is 0 Å². The summed E-state index contributed by atoms with van der Waals surface area (Å²) >= 11 is 0. The molecule has 128 valence electrons. The molecule has 3 aromatic rings. The van der Waals surface area contributed by atoms with Crippen molar-refractivity contribution in [1.82, 2.24) is 0 Å². The first-order valence-electron chi connectivity index (χ1n) is 8.70. The zero-order valence-electron chi connectivity index (χ0n) is 16.2. The molecule has 0 unspecified atom stereocenters. The molecule has 25 heavy (non-hydrogen) atoms. The molecule has 0 saturated heterocycles. The summed E-state index contributed by atoms with van der Waals surface area (Å²) in [6, 6.07) is 13.0. The minimum atomic E-state index is 0. The van der Waals surface area contributed by atoms with Crippen molar-refractivity contribution in [3.05, 3.63) is 81.4 Å². The summed E-state index contributed by atoms with van der Waals surface area (Å²) in [7, 11) is 0. The number of hydrogen-bond donors (Lipinski definition) is 0. The van der Waals surface area contributed by atoms with Gasteiger partial charge in [0.15, 0.2) is 0 Å². The maximum Gasteiger partial charge on any atom is 0 e. The van der Waals surface area contributed by atoms with Crippen LogP contribution in [0.3, 0.4) is 0 Å². The smallest absolute Gasteiger partial charge is 0 e. The van der Waals surface area contributed by atoms with Crippen LogP contribution in [0, 0.1) is 40.7 Å². The van der Waals surface area contributed by atoms with E-state index in [4.69, 9.17) is 0 Å². The number of fused-ring (bicyclic) bond motifs is 3. The van der Waals surface area contributed by atoms with E-state index >= 15 is 0 Å². The summed E-state index contributed by atoms with van der Waals surface area (Å²) in [6.07, 6.45) is 4.37. The number of hydrogen-bond acceptors (Lipinski definition) is 0. The maximum atomic E-state index is 3.39. The summed E-state index contributed by atoms with van der Waals surface area (Å²) in [5.41, 5.74) is 11.5. The van der Waals surface area contributed by atoms with Gasteiger partial charge in [-0.3, -0.25) is 6.08 Å². The molecule has 1 aliphatic rings. The van der Waals surface area contributed by atoms with Crippen molar-refractivity contribution in [2.45, 2.75) is 48.0 Å². The van der Waals surface area contributed by atoms with Gasteiger partial charge >= 0.3 is 0 Å². The van der Waals surface area contributed by atoms with E-state index in [0.717, 1.165) is 6.42 Å². The van der Waals surface area contributed by atoms with Gasteiger partial charge in [0.2, 0.25) is 0 Å². The third-order valence-corrected chi connectivity index (χ3v) is 5.75. The largest absolute Gasteiger partial charge is 0.269 e. The summed E-state index contributed by atoms with van der Waals surface area (Å²) in [6.45, 7) is 13.1. The molecule has 0 fully saturated rings. The summed E-state index contributed by atoms with van der Waals surface area (Å²) in [5.74, 6) is 0. The summed E-state index contributed by atoms with van der Waals surface area (Å²) < 4.78 is 0. The van der Waals surface area contributed by atoms with Gasteiger partial charge in [-0.05, 0) is 5.39 Å². The van der Waals surface area contributed by atoms with Crippen LogP contribution in [0.15, 0.2) is 36.4 Å². The Balaban J connectivity index is 0.000000184. The topological polar surface area (TPSA) is 0 Å². The molecule has 0 spiro atoms. The number of benzene rings is 2. The van der Waals surface area contributed by atoms with Gasteiger partial charge in [0.25, 0.3) is 0 Å². The van der Waals surface area contributed by atoms with Crippen LogP contribution < -0.4 is 0 Å². The fraction of sp³-hybridized carbons (Fsp3) is 0.292. The molecule has 0 nitrogen and oxygen atoms in total. The van der Waals surface area contributed by atoms with Crippen LogP contribution in [0.1, 0.15) is 45.9 Å². The van der Waals surface area contributed by atoms with Crippen molar-refractivity contribution < 1.29 is 25.8 Å². The molecule has 0 amide bonds. The van der Waals surface area contributed by atoms with Gasteiger partial charge in [-0.1, -0.05) is 83.3 Å². The monoisotopic (exact) mass is 494 g/mol. The minimum absolute atomic E-state index is 0. The third kappa shape index (κ3) is 3.62. The first-order valence-corrected chi connectivity index (χ1v) is 8.70. The van der Waals surface area contributed by atoms with E-state index in [1.807, 2.05) is 0 Å². The molecule has 0 heterocycles. The van der Waals surface area contributed by atoms with Crippen LogP contribution in [0.4, 0.5) is 0 Å². The normalized spacial score (nSPS) is 12.2. The first kappa shape index (κ1) is 20.0. The van der Waals surface area contributed by atoms with Crippen LogP contribution >= 0.6 is 0 Å². The van der Waals surface area contributed by atoms with E-state index < -0.39 is 0 Å². The summed E-state index contributed by atoms with van der Waals surface area (Å²) in [5, 5.41) is 2.70. The van der Waals surface area contributed by atoms with Gasteiger partial charge in [-0.25, -0.2) is 5.57 Å². The average Bonchev–Trinajstić information content (AvgIpc) is 3.06. The van der Waals surface area contributed by atoms with Crippen molar-refractivity contribution in [3.63, 3.8) is 0 Å². The van der Waals surface area contributed by atoms with Crippen LogP contribution in [0.5, 0.6) is 0 Å². The minimum Gasteiger partial charge on any atom is -0.269 e. The second kappa shape index (κ2) is 7.91. The Morgan fingerprint density at radius 3 is 2.00 bits per heavy atom. The van der Waals surface area contributed by atoms with Crippen LogP contribution in [-0.4, -0.2) is 0 Å². The Hall–Kier alpha value is -1.34.